The van der Waals surface area contributed by atoms with E-state index >= 15 is 0 Å². The van der Waals surface area contributed by atoms with E-state index in [0.29, 0.717) is 11.5 Å². The van der Waals surface area contributed by atoms with Crippen LogP contribution < -0.4 is 4.74 Å². The number of thioether (sulfide) groups is 1. The van der Waals surface area contributed by atoms with Gasteiger partial charge in [0.1, 0.15) is 17.3 Å². The Bertz CT molecular complexity index is 594. The summed E-state index contributed by atoms with van der Waals surface area (Å²) in [6.45, 7) is 1.39. The highest BCUT2D eigenvalue weighted by Crippen LogP contribution is 2.28. The van der Waals surface area contributed by atoms with E-state index < -0.39 is 5.82 Å². The molecule has 2 aromatic carbocycles. The minimum atomic E-state index is -0.449. The number of carbonyl (C=O) groups is 1. The fourth-order valence-corrected chi connectivity index (χ4v) is 2.05. The normalized spacial score (nSPS) is 10.3. The lowest BCUT2D eigenvalue weighted by molar-refractivity contribution is 0.101. The van der Waals surface area contributed by atoms with Crippen molar-refractivity contribution in [3.05, 3.63) is 53.8 Å². The van der Waals surface area contributed by atoms with Crippen molar-refractivity contribution in [2.75, 3.05) is 6.26 Å². The Morgan fingerprint density at radius 3 is 2.42 bits per heavy atom. The van der Waals surface area contributed by atoms with Gasteiger partial charge in [0, 0.05) is 4.90 Å². The fraction of sp³-hybridized carbons (Fsp3) is 0.133. The van der Waals surface area contributed by atoms with Gasteiger partial charge in [-0.05, 0) is 55.6 Å². The molecule has 4 heteroatoms. The number of ketones is 1. The van der Waals surface area contributed by atoms with Gasteiger partial charge < -0.3 is 4.74 Å². The van der Waals surface area contributed by atoms with E-state index in [0.717, 1.165) is 4.90 Å². The van der Waals surface area contributed by atoms with Crippen LogP contribution in [0.4, 0.5) is 4.39 Å². The largest absolute Gasteiger partial charge is 0.457 e. The number of Topliss-reactive ketones (excluding diaryl/α,β-unsaturated/α-hetero) is 1. The standard InChI is InChI=1S/C15H13FO2S/c1-10(17)14-9-11(16)3-8-15(14)18-12-4-6-13(19-2)7-5-12/h3-9H,1-2H3. The van der Waals surface area contributed by atoms with Crippen LogP contribution >= 0.6 is 11.8 Å². The molecule has 0 bridgehead atoms. The molecule has 0 N–H and O–H groups in total. The first-order valence-corrected chi connectivity index (χ1v) is 6.95. The van der Waals surface area contributed by atoms with E-state index in [9.17, 15) is 9.18 Å². The van der Waals surface area contributed by atoms with Crippen LogP contribution in [0.2, 0.25) is 0 Å². The van der Waals surface area contributed by atoms with Crippen LogP contribution in [0.15, 0.2) is 47.4 Å². The van der Waals surface area contributed by atoms with Gasteiger partial charge in [-0.15, -0.1) is 11.8 Å². The van der Waals surface area contributed by atoms with Gasteiger partial charge in [0.15, 0.2) is 5.78 Å². The van der Waals surface area contributed by atoms with Crippen LogP contribution in [-0.2, 0) is 0 Å². The highest BCUT2D eigenvalue weighted by Gasteiger charge is 2.10. The molecule has 0 saturated heterocycles. The van der Waals surface area contributed by atoms with Gasteiger partial charge >= 0.3 is 0 Å². The minimum absolute atomic E-state index is 0.227. The molecule has 0 aromatic heterocycles. The van der Waals surface area contributed by atoms with Crippen molar-refractivity contribution in [2.24, 2.45) is 0 Å². The van der Waals surface area contributed by atoms with Gasteiger partial charge in [0.05, 0.1) is 5.56 Å². The molecule has 0 fully saturated rings. The van der Waals surface area contributed by atoms with Crippen molar-refractivity contribution in [1.29, 1.82) is 0 Å². The molecule has 0 atom stereocenters. The van der Waals surface area contributed by atoms with Crippen LogP contribution in [0.1, 0.15) is 17.3 Å². The topological polar surface area (TPSA) is 26.3 Å². The van der Waals surface area contributed by atoms with Crippen LogP contribution in [0, 0.1) is 5.82 Å². The molecule has 19 heavy (non-hydrogen) atoms. The first-order valence-electron chi connectivity index (χ1n) is 5.72. The van der Waals surface area contributed by atoms with E-state index in [2.05, 4.69) is 0 Å². The highest BCUT2D eigenvalue weighted by molar-refractivity contribution is 7.98. The van der Waals surface area contributed by atoms with Gasteiger partial charge in [0.2, 0.25) is 0 Å². The van der Waals surface area contributed by atoms with Crippen molar-refractivity contribution in [2.45, 2.75) is 11.8 Å². The third-order valence-corrected chi connectivity index (χ3v) is 3.35. The SMILES string of the molecule is CSc1ccc(Oc2ccc(F)cc2C(C)=O)cc1. The molecule has 0 radical (unpaired) electrons. The lowest BCUT2D eigenvalue weighted by Crippen LogP contribution is -1.98. The molecule has 0 heterocycles. The second-order valence-electron chi connectivity index (χ2n) is 3.97. The van der Waals surface area contributed by atoms with E-state index in [1.165, 1.54) is 25.1 Å². The molecule has 2 nitrogen and oxygen atoms in total. The van der Waals surface area contributed by atoms with Gasteiger partial charge in [-0.3, -0.25) is 4.79 Å². The average molecular weight is 276 g/mol. The Hall–Kier alpha value is -1.81. The molecule has 0 amide bonds. The molecule has 0 spiro atoms. The third-order valence-electron chi connectivity index (χ3n) is 2.61. The number of benzene rings is 2. The zero-order valence-electron chi connectivity index (χ0n) is 10.6. The average Bonchev–Trinajstić information content (AvgIpc) is 2.41. The fourth-order valence-electron chi connectivity index (χ4n) is 1.64. The summed E-state index contributed by atoms with van der Waals surface area (Å²) in [5.41, 5.74) is 0.244. The molecule has 0 saturated carbocycles. The molecule has 2 aromatic rings. The van der Waals surface area contributed by atoms with Crippen molar-refractivity contribution in [3.63, 3.8) is 0 Å². The number of carbonyl (C=O) groups excluding carboxylic acids is 1. The van der Waals surface area contributed by atoms with E-state index in [4.69, 9.17) is 4.74 Å². The summed E-state index contributed by atoms with van der Waals surface area (Å²) in [5.74, 6) is 0.309. The second-order valence-corrected chi connectivity index (χ2v) is 4.85. The van der Waals surface area contributed by atoms with E-state index in [1.807, 2.05) is 30.5 Å². The Balaban J connectivity index is 2.29. The predicted molar refractivity (Wildman–Crippen MR) is 74.7 cm³/mol. The van der Waals surface area contributed by atoms with Crippen LogP contribution in [-0.4, -0.2) is 12.0 Å². The second kappa shape index (κ2) is 5.89. The summed E-state index contributed by atoms with van der Waals surface area (Å²) in [5, 5.41) is 0. The zero-order chi connectivity index (χ0) is 13.8. The van der Waals surface area contributed by atoms with Crippen LogP contribution in [0.3, 0.4) is 0 Å². The molecule has 2 rings (SSSR count). The first kappa shape index (κ1) is 13.6. The number of hydrogen-bond donors (Lipinski definition) is 0. The number of ether oxygens (including phenoxy) is 1. The number of hydrogen-bond acceptors (Lipinski definition) is 3. The van der Waals surface area contributed by atoms with Crippen molar-refractivity contribution < 1.29 is 13.9 Å². The van der Waals surface area contributed by atoms with Crippen LogP contribution in [0.5, 0.6) is 11.5 Å². The molecule has 0 aliphatic carbocycles. The maximum absolute atomic E-state index is 13.1. The smallest absolute Gasteiger partial charge is 0.163 e. The third kappa shape index (κ3) is 3.35. The Labute approximate surface area is 115 Å². The van der Waals surface area contributed by atoms with Crippen molar-refractivity contribution >= 4 is 17.5 Å². The maximum atomic E-state index is 13.1. The van der Waals surface area contributed by atoms with E-state index in [-0.39, 0.29) is 11.3 Å². The zero-order valence-corrected chi connectivity index (χ0v) is 11.5. The summed E-state index contributed by atoms with van der Waals surface area (Å²) in [6.07, 6.45) is 1.99. The van der Waals surface area contributed by atoms with Gasteiger partial charge in [0.25, 0.3) is 0 Å². The summed E-state index contributed by atoms with van der Waals surface area (Å²) in [7, 11) is 0. The maximum Gasteiger partial charge on any atom is 0.163 e. The van der Waals surface area contributed by atoms with Crippen molar-refractivity contribution in [3.8, 4) is 11.5 Å². The summed E-state index contributed by atoms with van der Waals surface area (Å²) in [6, 6.07) is 11.4. The van der Waals surface area contributed by atoms with Gasteiger partial charge in [-0.2, -0.15) is 0 Å². The molecule has 0 aliphatic rings. The molecule has 98 valence electrons. The van der Waals surface area contributed by atoms with Crippen LogP contribution in [0.25, 0.3) is 0 Å². The quantitative estimate of drug-likeness (QED) is 0.605. The van der Waals surface area contributed by atoms with Gasteiger partial charge in [-0.25, -0.2) is 4.39 Å². The summed E-state index contributed by atoms with van der Waals surface area (Å²) >= 11 is 1.63. The Morgan fingerprint density at radius 2 is 1.84 bits per heavy atom. The molecule has 0 unspecified atom stereocenters. The molecular weight excluding hydrogens is 263 g/mol. The minimum Gasteiger partial charge on any atom is -0.457 e. The summed E-state index contributed by atoms with van der Waals surface area (Å²) in [4.78, 5) is 12.6. The van der Waals surface area contributed by atoms with Crippen molar-refractivity contribution in [1.82, 2.24) is 0 Å². The Morgan fingerprint density at radius 1 is 1.16 bits per heavy atom. The Kier molecular flexibility index (Phi) is 4.22. The lowest BCUT2D eigenvalue weighted by atomic mass is 10.1. The van der Waals surface area contributed by atoms with E-state index in [1.54, 1.807) is 11.8 Å². The monoisotopic (exact) mass is 276 g/mol. The number of halogens is 1. The first-order chi connectivity index (χ1) is 9.10. The molecular formula is C15H13FO2S. The number of rotatable bonds is 4. The predicted octanol–water partition coefficient (Wildman–Crippen LogP) is 4.54. The lowest BCUT2D eigenvalue weighted by Gasteiger charge is -2.09. The van der Waals surface area contributed by atoms with Gasteiger partial charge in [-0.1, -0.05) is 0 Å². The summed E-state index contributed by atoms with van der Waals surface area (Å²) < 4.78 is 18.8. The molecule has 0 aliphatic heterocycles. The highest BCUT2D eigenvalue weighted by atomic mass is 32.2.